The maximum Gasteiger partial charge on any atom is 0.254 e. The van der Waals surface area contributed by atoms with E-state index in [1.54, 1.807) is 4.90 Å². The summed E-state index contributed by atoms with van der Waals surface area (Å²) in [4.78, 5) is 16.1. The van der Waals surface area contributed by atoms with Gasteiger partial charge in [0.1, 0.15) is 0 Å². The fourth-order valence-electron chi connectivity index (χ4n) is 3.19. The summed E-state index contributed by atoms with van der Waals surface area (Å²) in [6.07, 6.45) is 0. The molecular weight excluding hydrogens is 296 g/mol. The van der Waals surface area contributed by atoms with Gasteiger partial charge in [-0.05, 0) is 48.0 Å². The second-order valence-corrected chi connectivity index (χ2v) is 6.01. The average Bonchev–Trinajstić information content (AvgIpc) is 2.91. The van der Waals surface area contributed by atoms with Gasteiger partial charge in [-0.25, -0.2) is 0 Å². The van der Waals surface area contributed by atoms with Crippen LogP contribution in [-0.2, 0) is 6.54 Å². The zero-order valence-corrected chi connectivity index (χ0v) is 13.5. The van der Waals surface area contributed by atoms with Gasteiger partial charge in [-0.15, -0.1) is 0 Å². The highest BCUT2D eigenvalue weighted by molar-refractivity contribution is 5.99. The van der Waals surface area contributed by atoms with E-state index >= 15 is 0 Å². The quantitative estimate of drug-likeness (QED) is 0.697. The van der Waals surface area contributed by atoms with Gasteiger partial charge in [0.05, 0.1) is 0 Å². The monoisotopic (exact) mass is 314 g/mol. The van der Waals surface area contributed by atoms with Gasteiger partial charge in [0.15, 0.2) is 0 Å². The van der Waals surface area contributed by atoms with Crippen molar-refractivity contribution in [2.45, 2.75) is 6.54 Å². The summed E-state index contributed by atoms with van der Waals surface area (Å²) >= 11 is 0. The van der Waals surface area contributed by atoms with Gasteiger partial charge < -0.3 is 9.80 Å². The summed E-state index contributed by atoms with van der Waals surface area (Å²) in [5.41, 5.74) is 5.15. The lowest BCUT2D eigenvalue weighted by Crippen LogP contribution is -2.17. The van der Waals surface area contributed by atoms with Crippen molar-refractivity contribution >= 4 is 23.0 Å². The minimum absolute atomic E-state index is 0.0996. The maximum atomic E-state index is 12.1. The fraction of sp³-hybridized carbons (Fsp3) is 0.0952. The molecular formula is C21H18N2O. The molecule has 0 fully saturated rings. The summed E-state index contributed by atoms with van der Waals surface area (Å²) in [6, 6.07) is 26.6. The van der Waals surface area contributed by atoms with Crippen LogP contribution in [0.3, 0.4) is 0 Å². The molecule has 0 atom stereocenters. The van der Waals surface area contributed by atoms with E-state index in [2.05, 4.69) is 35.2 Å². The fourth-order valence-corrected chi connectivity index (χ4v) is 3.19. The van der Waals surface area contributed by atoms with Crippen LogP contribution in [0.2, 0.25) is 0 Å². The van der Waals surface area contributed by atoms with Crippen LogP contribution in [0.5, 0.6) is 0 Å². The Hall–Kier alpha value is -3.07. The zero-order chi connectivity index (χ0) is 16.5. The van der Waals surface area contributed by atoms with E-state index in [4.69, 9.17) is 0 Å². The number of anilines is 3. The summed E-state index contributed by atoms with van der Waals surface area (Å²) in [6.45, 7) is 0.666. The highest BCUT2D eigenvalue weighted by Crippen LogP contribution is 2.36. The molecule has 0 unspecified atom stereocenters. The summed E-state index contributed by atoms with van der Waals surface area (Å²) < 4.78 is 0. The number of hydrogen-bond acceptors (Lipinski definition) is 2. The molecule has 0 saturated heterocycles. The molecule has 24 heavy (non-hydrogen) atoms. The average molecular weight is 314 g/mol. The van der Waals surface area contributed by atoms with Crippen LogP contribution in [0, 0.1) is 0 Å². The molecule has 4 rings (SSSR count). The van der Waals surface area contributed by atoms with Crippen molar-refractivity contribution in [1.29, 1.82) is 0 Å². The molecule has 0 spiro atoms. The first-order valence-electron chi connectivity index (χ1n) is 8.02. The molecule has 0 bridgehead atoms. The van der Waals surface area contributed by atoms with Crippen molar-refractivity contribution < 1.29 is 4.79 Å². The van der Waals surface area contributed by atoms with Gasteiger partial charge in [0.2, 0.25) is 0 Å². The molecule has 3 aromatic rings. The topological polar surface area (TPSA) is 23.6 Å². The molecule has 1 amide bonds. The minimum atomic E-state index is 0.0996. The van der Waals surface area contributed by atoms with Crippen LogP contribution < -0.4 is 4.90 Å². The summed E-state index contributed by atoms with van der Waals surface area (Å²) in [5.74, 6) is 0.0996. The van der Waals surface area contributed by atoms with Crippen LogP contribution in [0.1, 0.15) is 15.9 Å². The molecule has 3 aromatic carbocycles. The van der Waals surface area contributed by atoms with E-state index in [1.165, 1.54) is 0 Å². The molecule has 0 aromatic heterocycles. The number of para-hydroxylation sites is 2. The third-order valence-electron chi connectivity index (χ3n) is 4.36. The number of hydrogen-bond donors (Lipinski definition) is 0. The van der Waals surface area contributed by atoms with E-state index in [0.717, 1.165) is 28.2 Å². The molecule has 0 N–H and O–H groups in total. The van der Waals surface area contributed by atoms with E-state index < -0.39 is 0 Å². The largest absolute Gasteiger partial charge is 0.337 e. The Morgan fingerprint density at radius 1 is 0.792 bits per heavy atom. The van der Waals surface area contributed by atoms with Crippen molar-refractivity contribution in [3.63, 3.8) is 0 Å². The second-order valence-electron chi connectivity index (χ2n) is 6.01. The van der Waals surface area contributed by atoms with Crippen LogP contribution in [-0.4, -0.2) is 17.9 Å². The van der Waals surface area contributed by atoms with Crippen LogP contribution in [0.4, 0.5) is 17.1 Å². The van der Waals surface area contributed by atoms with Crippen LogP contribution >= 0.6 is 0 Å². The van der Waals surface area contributed by atoms with Gasteiger partial charge in [-0.2, -0.15) is 0 Å². The predicted octanol–water partition coefficient (Wildman–Crippen LogP) is 4.74. The Kier molecular flexibility index (Phi) is 3.54. The number of carbonyl (C=O) groups is 1. The lowest BCUT2D eigenvalue weighted by Gasteiger charge is -2.25. The van der Waals surface area contributed by atoms with Crippen molar-refractivity contribution in [3.8, 4) is 0 Å². The van der Waals surface area contributed by atoms with Gasteiger partial charge in [-0.1, -0.05) is 36.4 Å². The minimum Gasteiger partial charge on any atom is -0.337 e. The molecule has 3 heteroatoms. The second kappa shape index (κ2) is 5.85. The smallest absolute Gasteiger partial charge is 0.254 e. The number of benzene rings is 3. The summed E-state index contributed by atoms with van der Waals surface area (Å²) in [5, 5.41) is 0. The van der Waals surface area contributed by atoms with Crippen molar-refractivity contribution in [3.05, 3.63) is 90.0 Å². The standard InChI is InChI=1S/C21H18N2O/c1-22-15-16-14-19(12-13-20(16)21(22)24)23(17-8-4-2-5-9-17)18-10-6-3-7-11-18/h2-14H,15H2,1H3. The van der Waals surface area contributed by atoms with E-state index in [0.29, 0.717) is 6.54 Å². The first kappa shape index (κ1) is 14.5. The van der Waals surface area contributed by atoms with Gasteiger partial charge in [-0.3, -0.25) is 4.79 Å². The molecule has 118 valence electrons. The Labute approximate surface area is 141 Å². The lowest BCUT2D eigenvalue weighted by atomic mass is 10.1. The van der Waals surface area contributed by atoms with Crippen molar-refractivity contribution in [2.75, 3.05) is 11.9 Å². The zero-order valence-electron chi connectivity index (χ0n) is 13.5. The number of nitrogens with zero attached hydrogens (tertiary/aromatic N) is 2. The Morgan fingerprint density at radius 2 is 1.38 bits per heavy atom. The molecule has 3 nitrogen and oxygen atoms in total. The van der Waals surface area contributed by atoms with E-state index in [9.17, 15) is 4.79 Å². The first-order chi connectivity index (χ1) is 11.7. The number of amides is 1. The third kappa shape index (κ3) is 2.44. The Balaban J connectivity index is 1.84. The number of rotatable bonds is 3. The van der Waals surface area contributed by atoms with Crippen LogP contribution in [0.15, 0.2) is 78.9 Å². The Morgan fingerprint density at radius 3 is 1.96 bits per heavy atom. The Bertz CT molecular complexity index is 835. The van der Waals surface area contributed by atoms with Crippen LogP contribution in [0.25, 0.3) is 0 Å². The van der Waals surface area contributed by atoms with Gasteiger partial charge >= 0.3 is 0 Å². The van der Waals surface area contributed by atoms with E-state index in [-0.39, 0.29) is 5.91 Å². The SMILES string of the molecule is CN1Cc2cc(N(c3ccccc3)c3ccccc3)ccc2C1=O. The first-order valence-corrected chi connectivity index (χ1v) is 8.02. The highest BCUT2D eigenvalue weighted by atomic mass is 16.2. The molecule has 0 saturated carbocycles. The molecule has 1 heterocycles. The summed E-state index contributed by atoms with van der Waals surface area (Å²) in [7, 11) is 1.84. The lowest BCUT2D eigenvalue weighted by molar-refractivity contribution is 0.0816. The molecule has 0 aliphatic carbocycles. The maximum absolute atomic E-state index is 12.1. The highest BCUT2D eigenvalue weighted by Gasteiger charge is 2.25. The molecule has 1 aliphatic heterocycles. The van der Waals surface area contributed by atoms with Crippen molar-refractivity contribution in [1.82, 2.24) is 4.90 Å². The van der Waals surface area contributed by atoms with E-state index in [1.807, 2.05) is 55.6 Å². The number of carbonyl (C=O) groups excluding carboxylic acids is 1. The molecule has 1 aliphatic rings. The molecule has 0 radical (unpaired) electrons. The number of fused-ring (bicyclic) bond motifs is 1. The van der Waals surface area contributed by atoms with Gasteiger partial charge in [0.25, 0.3) is 5.91 Å². The predicted molar refractivity (Wildman–Crippen MR) is 96.9 cm³/mol. The third-order valence-corrected chi connectivity index (χ3v) is 4.36. The van der Waals surface area contributed by atoms with Crippen molar-refractivity contribution in [2.24, 2.45) is 0 Å². The normalized spacial score (nSPS) is 13.0. The van der Waals surface area contributed by atoms with Gasteiger partial charge in [0, 0.05) is 36.2 Å².